The van der Waals surface area contributed by atoms with Gasteiger partial charge in [0.05, 0.1) is 12.2 Å². The maximum atomic E-state index is 12.4. The summed E-state index contributed by atoms with van der Waals surface area (Å²) in [5, 5.41) is 0. The van der Waals surface area contributed by atoms with Gasteiger partial charge < -0.3 is 4.74 Å². The third-order valence-corrected chi connectivity index (χ3v) is 3.51. The molecule has 0 amide bonds. The normalized spacial score (nSPS) is 12.2. The van der Waals surface area contributed by atoms with E-state index in [1.165, 1.54) is 0 Å². The number of hydrogen-bond donors (Lipinski definition) is 0. The van der Waals surface area contributed by atoms with E-state index in [0.29, 0.717) is 23.3 Å². The Bertz CT molecular complexity index is 729. The zero-order chi connectivity index (χ0) is 15.0. The molecular formula is C18H16O3. The summed E-state index contributed by atoms with van der Waals surface area (Å²) >= 11 is 0. The second kappa shape index (κ2) is 5.17. The number of ether oxygens (including phenoxy) is 1. The van der Waals surface area contributed by atoms with Crippen LogP contribution in [-0.2, 0) is 4.74 Å². The first-order valence-electron chi connectivity index (χ1n) is 7.03. The number of esters is 1. The molecule has 0 saturated heterocycles. The van der Waals surface area contributed by atoms with E-state index < -0.39 is 0 Å². The molecule has 0 bridgehead atoms. The lowest BCUT2D eigenvalue weighted by molar-refractivity contribution is 0.0459. The largest absolute Gasteiger partial charge is 0.462 e. The predicted octanol–water partition coefficient (Wildman–Crippen LogP) is 3.71. The van der Waals surface area contributed by atoms with Crippen molar-refractivity contribution in [3.05, 3.63) is 59.2 Å². The third kappa shape index (κ3) is 2.35. The minimum atomic E-state index is -0.379. The number of benzene rings is 2. The van der Waals surface area contributed by atoms with Crippen LogP contribution in [0.3, 0.4) is 0 Å². The summed E-state index contributed by atoms with van der Waals surface area (Å²) in [4.78, 5) is 24.4. The van der Waals surface area contributed by atoms with Crippen LogP contribution in [0.5, 0.6) is 0 Å². The highest BCUT2D eigenvalue weighted by atomic mass is 16.5. The van der Waals surface area contributed by atoms with Crippen LogP contribution in [0.1, 0.15) is 40.1 Å². The smallest absolute Gasteiger partial charge is 0.338 e. The molecule has 0 radical (unpaired) electrons. The second-order valence-corrected chi connectivity index (χ2v) is 5.63. The van der Waals surface area contributed by atoms with Gasteiger partial charge in [-0.3, -0.25) is 4.79 Å². The monoisotopic (exact) mass is 280 g/mol. The fraction of sp³-hybridized carbons (Fsp3) is 0.222. The lowest BCUT2D eigenvalue weighted by atomic mass is 10.0. The maximum Gasteiger partial charge on any atom is 0.338 e. The Labute approximate surface area is 123 Å². The Hall–Kier alpha value is -2.42. The highest BCUT2D eigenvalue weighted by Gasteiger charge is 2.27. The number of carbonyl (C=O) groups excluding carboxylic acids is 2. The number of ketones is 1. The summed E-state index contributed by atoms with van der Waals surface area (Å²) < 4.78 is 5.21. The summed E-state index contributed by atoms with van der Waals surface area (Å²) in [5.41, 5.74) is 3.52. The van der Waals surface area contributed by atoms with E-state index in [-0.39, 0.29) is 17.7 Å². The third-order valence-electron chi connectivity index (χ3n) is 3.51. The average molecular weight is 280 g/mol. The fourth-order valence-corrected chi connectivity index (χ4v) is 2.48. The van der Waals surface area contributed by atoms with Crippen molar-refractivity contribution >= 4 is 11.8 Å². The van der Waals surface area contributed by atoms with E-state index in [1.54, 1.807) is 12.1 Å². The second-order valence-electron chi connectivity index (χ2n) is 5.63. The van der Waals surface area contributed by atoms with E-state index in [0.717, 1.165) is 11.1 Å². The van der Waals surface area contributed by atoms with Crippen LogP contribution >= 0.6 is 0 Å². The molecule has 0 atom stereocenters. The lowest BCUT2D eigenvalue weighted by Gasteiger charge is -2.08. The van der Waals surface area contributed by atoms with E-state index in [1.807, 2.05) is 44.2 Å². The predicted molar refractivity (Wildman–Crippen MR) is 80.4 cm³/mol. The van der Waals surface area contributed by atoms with Crippen molar-refractivity contribution in [2.45, 2.75) is 13.8 Å². The van der Waals surface area contributed by atoms with Crippen molar-refractivity contribution in [3.63, 3.8) is 0 Å². The first-order chi connectivity index (χ1) is 10.1. The molecule has 3 heteroatoms. The van der Waals surface area contributed by atoms with Gasteiger partial charge in [-0.25, -0.2) is 4.79 Å². The molecule has 3 rings (SSSR count). The van der Waals surface area contributed by atoms with Gasteiger partial charge in [-0.2, -0.15) is 0 Å². The Kier molecular flexibility index (Phi) is 3.34. The fourth-order valence-electron chi connectivity index (χ4n) is 2.48. The highest BCUT2D eigenvalue weighted by Crippen LogP contribution is 2.36. The summed E-state index contributed by atoms with van der Waals surface area (Å²) in [7, 11) is 0. The van der Waals surface area contributed by atoms with Crippen molar-refractivity contribution in [1.29, 1.82) is 0 Å². The SMILES string of the molecule is CC(C)COC(=O)c1ccc2c(c1)C(=O)c1ccccc1-2. The molecule has 0 saturated carbocycles. The first-order valence-corrected chi connectivity index (χ1v) is 7.03. The molecule has 1 aliphatic rings. The molecule has 0 N–H and O–H groups in total. The van der Waals surface area contributed by atoms with Crippen LogP contribution < -0.4 is 0 Å². The van der Waals surface area contributed by atoms with Gasteiger partial charge in [0.2, 0.25) is 0 Å². The Morgan fingerprint density at radius 3 is 2.38 bits per heavy atom. The zero-order valence-electron chi connectivity index (χ0n) is 12.1. The Morgan fingerprint density at radius 1 is 1.00 bits per heavy atom. The Balaban J connectivity index is 1.94. The zero-order valence-corrected chi connectivity index (χ0v) is 12.1. The molecule has 0 fully saturated rings. The maximum absolute atomic E-state index is 12.4. The van der Waals surface area contributed by atoms with Crippen molar-refractivity contribution in [3.8, 4) is 11.1 Å². The van der Waals surface area contributed by atoms with Gasteiger partial charge in [-0.15, -0.1) is 0 Å². The molecule has 1 aliphatic carbocycles. The summed E-state index contributed by atoms with van der Waals surface area (Å²) in [6.07, 6.45) is 0. The highest BCUT2D eigenvalue weighted by molar-refractivity contribution is 6.22. The van der Waals surface area contributed by atoms with Crippen LogP contribution in [-0.4, -0.2) is 18.4 Å². The molecule has 0 spiro atoms. The van der Waals surface area contributed by atoms with Gasteiger partial charge >= 0.3 is 5.97 Å². The molecule has 0 aromatic heterocycles. The van der Waals surface area contributed by atoms with E-state index in [4.69, 9.17) is 4.74 Å². The van der Waals surface area contributed by atoms with Crippen LogP contribution in [0.4, 0.5) is 0 Å². The minimum Gasteiger partial charge on any atom is -0.462 e. The molecule has 106 valence electrons. The van der Waals surface area contributed by atoms with Crippen molar-refractivity contribution in [1.82, 2.24) is 0 Å². The van der Waals surface area contributed by atoms with E-state index >= 15 is 0 Å². The van der Waals surface area contributed by atoms with Gasteiger partial charge in [0.15, 0.2) is 5.78 Å². The number of hydrogen-bond acceptors (Lipinski definition) is 3. The summed E-state index contributed by atoms with van der Waals surface area (Å²) in [6, 6.07) is 12.7. The van der Waals surface area contributed by atoms with Gasteiger partial charge in [0.25, 0.3) is 0 Å². The number of fused-ring (bicyclic) bond motifs is 3. The number of rotatable bonds is 3. The molecule has 0 heterocycles. The Morgan fingerprint density at radius 2 is 1.67 bits per heavy atom. The first kappa shape index (κ1) is 13.6. The van der Waals surface area contributed by atoms with Crippen molar-refractivity contribution < 1.29 is 14.3 Å². The summed E-state index contributed by atoms with van der Waals surface area (Å²) in [6.45, 7) is 4.34. The van der Waals surface area contributed by atoms with Crippen LogP contribution in [0.2, 0.25) is 0 Å². The standard InChI is InChI=1S/C18H16O3/c1-11(2)10-21-18(20)12-7-8-14-13-5-3-4-6-15(13)17(19)16(14)9-12/h3-9,11H,10H2,1-2H3. The number of carbonyl (C=O) groups is 2. The van der Waals surface area contributed by atoms with Crippen LogP contribution in [0.25, 0.3) is 11.1 Å². The minimum absolute atomic E-state index is 0.0286. The molecule has 2 aromatic rings. The van der Waals surface area contributed by atoms with E-state index in [9.17, 15) is 9.59 Å². The summed E-state index contributed by atoms with van der Waals surface area (Å²) in [5.74, 6) is -0.122. The van der Waals surface area contributed by atoms with Gasteiger partial charge in [0.1, 0.15) is 0 Å². The molecule has 0 unspecified atom stereocenters. The van der Waals surface area contributed by atoms with Crippen LogP contribution in [0, 0.1) is 5.92 Å². The molecule has 0 aliphatic heterocycles. The van der Waals surface area contributed by atoms with Gasteiger partial charge in [-0.05, 0) is 29.2 Å². The quantitative estimate of drug-likeness (QED) is 0.687. The molecular weight excluding hydrogens is 264 g/mol. The van der Waals surface area contributed by atoms with Gasteiger partial charge in [0, 0.05) is 11.1 Å². The molecule has 2 aromatic carbocycles. The van der Waals surface area contributed by atoms with Crippen molar-refractivity contribution in [2.75, 3.05) is 6.61 Å². The molecule has 21 heavy (non-hydrogen) atoms. The van der Waals surface area contributed by atoms with Gasteiger partial charge in [-0.1, -0.05) is 44.2 Å². The topological polar surface area (TPSA) is 43.4 Å². The average Bonchev–Trinajstić information content (AvgIpc) is 2.78. The van der Waals surface area contributed by atoms with Crippen LogP contribution in [0.15, 0.2) is 42.5 Å². The molecule has 3 nitrogen and oxygen atoms in total. The van der Waals surface area contributed by atoms with E-state index in [2.05, 4.69) is 0 Å². The van der Waals surface area contributed by atoms with Crippen molar-refractivity contribution in [2.24, 2.45) is 5.92 Å². The lowest BCUT2D eigenvalue weighted by Crippen LogP contribution is -2.10.